The van der Waals surface area contributed by atoms with Crippen LogP contribution in [0.1, 0.15) is 18.5 Å². The second-order valence-corrected chi connectivity index (χ2v) is 5.91. The van der Waals surface area contributed by atoms with Crippen molar-refractivity contribution in [3.8, 4) is 0 Å². The van der Waals surface area contributed by atoms with Crippen molar-refractivity contribution in [1.82, 2.24) is 5.32 Å². The van der Waals surface area contributed by atoms with Crippen LogP contribution in [0.3, 0.4) is 0 Å². The van der Waals surface area contributed by atoms with Crippen LogP contribution < -0.4 is 10.6 Å². The van der Waals surface area contributed by atoms with Gasteiger partial charge in [0.2, 0.25) is 5.91 Å². The van der Waals surface area contributed by atoms with Crippen LogP contribution in [0.25, 0.3) is 0 Å². The molecule has 3 nitrogen and oxygen atoms in total. The van der Waals surface area contributed by atoms with E-state index in [1.165, 1.54) is 5.56 Å². The molecule has 0 saturated heterocycles. The topological polar surface area (TPSA) is 41.1 Å². The summed E-state index contributed by atoms with van der Waals surface area (Å²) in [4.78, 5) is 11.8. The number of carbonyl (C=O) groups is 1. The van der Waals surface area contributed by atoms with E-state index in [9.17, 15) is 4.79 Å². The number of amides is 1. The fraction of sp³-hybridized carbons (Fsp3) is 0.214. The van der Waals surface area contributed by atoms with E-state index in [1.54, 1.807) is 11.3 Å². The molecule has 2 N–H and O–H groups in total. The van der Waals surface area contributed by atoms with Gasteiger partial charge in [0.05, 0.1) is 6.54 Å². The predicted octanol–water partition coefficient (Wildman–Crippen LogP) is 3.80. The third-order valence-electron chi connectivity index (χ3n) is 2.74. The lowest BCUT2D eigenvalue weighted by molar-refractivity contribution is -0.115. The molecular weight excluding hydrogens is 324 g/mol. The first kappa shape index (κ1) is 14.2. The number of rotatable bonds is 5. The Labute approximate surface area is 125 Å². The number of benzene rings is 1. The fourth-order valence-corrected chi connectivity index (χ4v) is 2.64. The summed E-state index contributed by atoms with van der Waals surface area (Å²) in [5.41, 5.74) is 2.01. The molecule has 0 bridgehead atoms. The predicted molar refractivity (Wildman–Crippen MR) is 83.5 cm³/mol. The number of hydrogen-bond donors (Lipinski definition) is 2. The molecule has 0 aliphatic carbocycles. The summed E-state index contributed by atoms with van der Waals surface area (Å²) in [6.07, 6.45) is 0. The lowest BCUT2D eigenvalue weighted by Crippen LogP contribution is -2.29. The Morgan fingerprint density at radius 2 is 2.05 bits per heavy atom. The van der Waals surface area contributed by atoms with Crippen LogP contribution in [0, 0.1) is 0 Å². The Kier molecular flexibility index (Phi) is 5.13. The second kappa shape index (κ2) is 6.84. The fourth-order valence-electron chi connectivity index (χ4n) is 1.62. The van der Waals surface area contributed by atoms with Crippen LogP contribution in [0.4, 0.5) is 5.69 Å². The maximum Gasteiger partial charge on any atom is 0.238 e. The van der Waals surface area contributed by atoms with E-state index in [0.717, 1.165) is 10.2 Å². The summed E-state index contributed by atoms with van der Waals surface area (Å²) in [6.45, 7) is 2.35. The zero-order valence-corrected chi connectivity index (χ0v) is 12.9. The van der Waals surface area contributed by atoms with Gasteiger partial charge in [-0.1, -0.05) is 15.9 Å². The molecule has 19 heavy (non-hydrogen) atoms. The minimum Gasteiger partial charge on any atom is -0.325 e. The maximum absolute atomic E-state index is 11.8. The average molecular weight is 339 g/mol. The monoisotopic (exact) mass is 338 g/mol. The lowest BCUT2D eigenvalue weighted by Gasteiger charge is -2.12. The van der Waals surface area contributed by atoms with Gasteiger partial charge in [-0.25, -0.2) is 0 Å². The molecular formula is C14H15BrN2OS. The molecule has 1 amide bonds. The number of anilines is 1. The number of halogens is 1. The quantitative estimate of drug-likeness (QED) is 0.870. The summed E-state index contributed by atoms with van der Waals surface area (Å²) >= 11 is 5.02. The van der Waals surface area contributed by atoms with E-state index >= 15 is 0 Å². The molecule has 5 heteroatoms. The van der Waals surface area contributed by atoms with Gasteiger partial charge >= 0.3 is 0 Å². The summed E-state index contributed by atoms with van der Waals surface area (Å²) in [7, 11) is 0. The van der Waals surface area contributed by atoms with Gasteiger partial charge in [0, 0.05) is 16.2 Å². The number of hydrogen-bond acceptors (Lipinski definition) is 3. The highest BCUT2D eigenvalue weighted by atomic mass is 79.9. The highest BCUT2D eigenvalue weighted by molar-refractivity contribution is 9.10. The molecule has 0 fully saturated rings. The van der Waals surface area contributed by atoms with Crippen molar-refractivity contribution in [2.75, 3.05) is 11.9 Å². The molecule has 0 spiro atoms. The Bertz CT molecular complexity index is 525. The number of carbonyl (C=O) groups excluding carboxylic acids is 1. The molecule has 1 unspecified atom stereocenters. The van der Waals surface area contributed by atoms with Crippen molar-refractivity contribution < 1.29 is 4.79 Å². The summed E-state index contributed by atoms with van der Waals surface area (Å²) < 4.78 is 0.995. The molecule has 1 heterocycles. The molecule has 0 radical (unpaired) electrons. The van der Waals surface area contributed by atoms with Crippen molar-refractivity contribution >= 4 is 38.9 Å². The van der Waals surface area contributed by atoms with E-state index in [-0.39, 0.29) is 11.9 Å². The van der Waals surface area contributed by atoms with E-state index in [1.807, 2.05) is 29.6 Å². The first-order valence-electron chi connectivity index (χ1n) is 5.96. The Hall–Kier alpha value is -1.17. The van der Waals surface area contributed by atoms with Gasteiger partial charge in [-0.15, -0.1) is 0 Å². The molecule has 0 aliphatic heterocycles. The van der Waals surface area contributed by atoms with Crippen LogP contribution in [0.2, 0.25) is 0 Å². The molecule has 2 rings (SSSR count). The minimum absolute atomic E-state index is 0.0376. The summed E-state index contributed by atoms with van der Waals surface area (Å²) in [6, 6.07) is 9.78. The molecule has 1 aromatic carbocycles. The molecule has 0 aliphatic rings. The SMILES string of the molecule is CC(NCC(=O)Nc1ccc(Br)cc1)c1ccsc1. The van der Waals surface area contributed by atoms with Crippen LogP contribution in [0.5, 0.6) is 0 Å². The van der Waals surface area contributed by atoms with Gasteiger partial charge in [0.25, 0.3) is 0 Å². The summed E-state index contributed by atoms with van der Waals surface area (Å²) in [5.74, 6) is -0.0376. The van der Waals surface area contributed by atoms with Gasteiger partial charge < -0.3 is 10.6 Å². The third-order valence-corrected chi connectivity index (χ3v) is 3.97. The number of thiophene rings is 1. The van der Waals surface area contributed by atoms with Gasteiger partial charge in [0.15, 0.2) is 0 Å². The molecule has 2 aromatic rings. The number of nitrogens with one attached hydrogen (secondary N) is 2. The minimum atomic E-state index is -0.0376. The van der Waals surface area contributed by atoms with Crippen molar-refractivity contribution in [3.63, 3.8) is 0 Å². The van der Waals surface area contributed by atoms with Gasteiger partial charge in [0.1, 0.15) is 0 Å². The van der Waals surface area contributed by atoms with Gasteiger partial charge in [-0.05, 0) is 53.6 Å². The standard InChI is InChI=1S/C14H15BrN2OS/c1-10(11-6-7-19-9-11)16-8-14(18)17-13-4-2-12(15)3-5-13/h2-7,9-10,16H,8H2,1H3,(H,17,18). The lowest BCUT2D eigenvalue weighted by atomic mass is 10.2. The van der Waals surface area contributed by atoms with Crippen molar-refractivity contribution in [1.29, 1.82) is 0 Å². The molecule has 0 saturated carbocycles. The zero-order chi connectivity index (χ0) is 13.7. The van der Waals surface area contributed by atoms with Crippen molar-refractivity contribution in [2.24, 2.45) is 0 Å². The maximum atomic E-state index is 11.8. The van der Waals surface area contributed by atoms with Crippen LogP contribution >= 0.6 is 27.3 Å². The molecule has 100 valence electrons. The van der Waals surface area contributed by atoms with Crippen LogP contribution in [0.15, 0.2) is 45.6 Å². The normalized spacial score (nSPS) is 12.1. The van der Waals surface area contributed by atoms with E-state index in [4.69, 9.17) is 0 Å². The summed E-state index contributed by atoms with van der Waals surface area (Å²) in [5, 5.41) is 10.2. The van der Waals surface area contributed by atoms with E-state index in [0.29, 0.717) is 6.54 Å². The first-order chi connectivity index (χ1) is 9.15. The first-order valence-corrected chi connectivity index (χ1v) is 7.69. The molecule has 1 aromatic heterocycles. The smallest absolute Gasteiger partial charge is 0.238 e. The van der Waals surface area contributed by atoms with Crippen LogP contribution in [-0.2, 0) is 4.79 Å². The van der Waals surface area contributed by atoms with Gasteiger partial charge in [-0.3, -0.25) is 4.79 Å². The largest absolute Gasteiger partial charge is 0.325 e. The Morgan fingerprint density at radius 1 is 1.32 bits per heavy atom. The van der Waals surface area contributed by atoms with E-state index < -0.39 is 0 Å². The Balaban J connectivity index is 1.80. The second-order valence-electron chi connectivity index (χ2n) is 4.21. The highest BCUT2D eigenvalue weighted by Crippen LogP contribution is 2.16. The third kappa shape index (κ3) is 4.45. The van der Waals surface area contributed by atoms with Crippen molar-refractivity contribution in [3.05, 3.63) is 51.1 Å². The van der Waals surface area contributed by atoms with Crippen molar-refractivity contribution in [2.45, 2.75) is 13.0 Å². The average Bonchev–Trinajstić information content (AvgIpc) is 2.93. The van der Waals surface area contributed by atoms with E-state index in [2.05, 4.69) is 44.9 Å². The zero-order valence-electron chi connectivity index (χ0n) is 10.5. The highest BCUT2D eigenvalue weighted by Gasteiger charge is 2.08. The van der Waals surface area contributed by atoms with Gasteiger partial charge in [-0.2, -0.15) is 11.3 Å². The molecule has 1 atom stereocenters. The van der Waals surface area contributed by atoms with Crippen LogP contribution in [-0.4, -0.2) is 12.5 Å². The Morgan fingerprint density at radius 3 is 2.68 bits per heavy atom.